The van der Waals surface area contributed by atoms with Crippen LogP contribution in [0.5, 0.6) is 0 Å². The molecule has 1 rings (SSSR count). The second kappa shape index (κ2) is 8.97. The van der Waals surface area contributed by atoms with Gasteiger partial charge in [0.2, 0.25) is 10.0 Å². The third kappa shape index (κ3) is 7.02. The number of piperidine rings is 1. The van der Waals surface area contributed by atoms with Crippen molar-refractivity contribution in [3.05, 3.63) is 0 Å². The predicted octanol–water partition coefficient (Wildman–Crippen LogP) is 1.17. The molecule has 6 heteroatoms. The molecule has 0 bridgehead atoms. The zero-order valence-corrected chi connectivity index (χ0v) is 14.0. The van der Waals surface area contributed by atoms with Gasteiger partial charge in [-0.1, -0.05) is 20.3 Å². The monoisotopic (exact) mass is 305 g/mol. The molecule has 0 radical (unpaired) electrons. The molecule has 1 saturated heterocycles. The molecule has 1 aliphatic rings. The van der Waals surface area contributed by atoms with Gasteiger partial charge in [0.05, 0.1) is 5.75 Å². The molecule has 2 unspecified atom stereocenters. The fourth-order valence-corrected chi connectivity index (χ4v) is 4.14. The van der Waals surface area contributed by atoms with E-state index in [1.807, 2.05) is 6.92 Å². The highest BCUT2D eigenvalue weighted by atomic mass is 32.2. The Balaban J connectivity index is 2.32. The third-order valence-electron chi connectivity index (χ3n) is 3.95. The van der Waals surface area contributed by atoms with E-state index >= 15 is 0 Å². The highest BCUT2D eigenvalue weighted by Crippen LogP contribution is 2.11. The highest BCUT2D eigenvalue weighted by Gasteiger charge is 2.19. The minimum absolute atomic E-state index is 0.0285. The van der Waals surface area contributed by atoms with Crippen LogP contribution in [0, 0.1) is 0 Å². The third-order valence-corrected chi connectivity index (χ3v) is 5.49. The summed E-state index contributed by atoms with van der Waals surface area (Å²) >= 11 is 0. The van der Waals surface area contributed by atoms with Gasteiger partial charge < -0.3 is 10.2 Å². The summed E-state index contributed by atoms with van der Waals surface area (Å²) in [4.78, 5) is 2.23. The zero-order chi connectivity index (χ0) is 15.0. The van der Waals surface area contributed by atoms with Crippen molar-refractivity contribution in [1.29, 1.82) is 0 Å². The molecule has 1 fully saturated rings. The fraction of sp³-hybridized carbons (Fsp3) is 1.00. The molecule has 0 amide bonds. The number of likely N-dealkylation sites (N-methyl/N-ethyl adjacent to an activating group) is 1. The van der Waals surface area contributed by atoms with Crippen molar-refractivity contribution in [2.24, 2.45) is 0 Å². The van der Waals surface area contributed by atoms with Crippen LogP contribution in [0.1, 0.15) is 46.5 Å². The standard InChI is InChI=1S/C14H31N3O2S/c1-4-17(5-2)12-13(3)16-20(18,19)11-9-14-8-6-7-10-15-14/h13-16H,4-12H2,1-3H3. The first-order chi connectivity index (χ1) is 9.46. The van der Waals surface area contributed by atoms with Crippen molar-refractivity contribution < 1.29 is 8.42 Å². The number of hydrogen-bond donors (Lipinski definition) is 2. The van der Waals surface area contributed by atoms with E-state index in [1.165, 1.54) is 12.8 Å². The first-order valence-corrected chi connectivity index (χ1v) is 9.57. The van der Waals surface area contributed by atoms with Gasteiger partial charge in [-0.2, -0.15) is 0 Å². The number of nitrogens with one attached hydrogen (secondary N) is 2. The second-order valence-corrected chi connectivity index (χ2v) is 7.63. The van der Waals surface area contributed by atoms with Gasteiger partial charge in [0.15, 0.2) is 0 Å². The van der Waals surface area contributed by atoms with Gasteiger partial charge in [0.25, 0.3) is 0 Å². The predicted molar refractivity (Wildman–Crippen MR) is 84.4 cm³/mol. The smallest absolute Gasteiger partial charge is 0.211 e. The van der Waals surface area contributed by atoms with Crippen LogP contribution in [0.4, 0.5) is 0 Å². The summed E-state index contributed by atoms with van der Waals surface area (Å²) in [7, 11) is -3.16. The molecule has 0 saturated carbocycles. The Kier molecular flexibility index (Phi) is 8.02. The lowest BCUT2D eigenvalue weighted by Crippen LogP contribution is -2.43. The first kappa shape index (κ1) is 17.9. The van der Waals surface area contributed by atoms with Gasteiger partial charge in [0, 0.05) is 18.6 Å². The van der Waals surface area contributed by atoms with Crippen molar-refractivity contribution in [2.45, 2.75) is 58.5 Å². The molecular formula is C14H31N3O2S. The molecule has 2 atom stereocenters. The van der Waals surface area contributed by atoms with E-state index in [2.05, 4.69) is 28.8 Å². The van der Waals surface area contributed by atoms with E-state index in [0.29, 0.717) is 12.5 Å². The van der Waals surface area contributed by atoms with Gasteiger partial charge >= 0.3 is 0 Å². The molecule has 0 aromatic rings. The summed E-state index contributed by atoms with van der Waals surface area (Å²) < 4.78 is 27.0. The van der Waals surface area contributed by atoms with E-state index < -0.39 is 10.0 Å². The Hall–Kier alpha value is -0.170. The largest absolute Gasteiger partial charge is 0.314 e. The molecule has 5 nitrogen and oxygen atoms in total. The van der Waals surface area contributed by atoms with E-state index in [1.54, 1.807) is 0 Å². The number of hydrogen-bond acceptors (Lipinski definition) is 4. The molecule has 2 N–H and O–H groups in total. The van der Waals surface area contributed by atoms with Gasteiger partial charge in [-0.05, 0) is 45.8 Å². The van der Waals surface area contributed by atoms with Gasteiger partial charge in [0.1, 0.15) is 0 Å². The molecule has 120 valence electrons. The lowest BCUT2D eigenvalue weighted by molar-refractivity contribution is 0.282. The average molecular weight is 305 g/mol. The molecule has 0 spiro atoms. The molecule has 0 aliphatic carbocycles. The van der Waals surface area contributed by atoms with Crippen molar-refractivity contribution in [3.63, 3.8) is 0 Å². The molecule has 1 heterocycles. The lowest BCUT2D eigenvalue weighted by Gasteiger charge is -2.25. The SMILES string of the molecule is CCN(CC)CC(C)NS(=O)(=O)CCC1CCCCN1. The fourth-order valence-electron chi connectivity index (χ4n) is 2.74. The van der Waals surface area contributed by atoms with Crippen LogP contribution in [0.2, 0.25) is 0 Å². The number of sulfonamides is 1. The summed E-state index contributed by atoms with van der Waals surface area (Å²) in [5, 5.41) is 3.40. The number of nitrogens with zero attached hydrogens (tertiary/aromatic N) is 1. The zero-order valence-electron chi connectivity index (χ0n) is 13.2. The van der Waals surface area contributed by atoms with Crippen LogP contribution in [0.25, 0.3) is 0 Å². The van der Waals surface area contributed by atoms with Crippen molar-refractivity contribution in [3.8, 4) is 0 Å². The Morgan fingerprint density at radius 3 is 2.55 bits per heavy atom. The first-order valence-electron chi connectivity index (χ1n) is 7.92. The summed E-state index contributed by atoms with van der Waals surface area (Å²) in [6.45, 7) is 9.83. The maximum atomic E-state index is 12.1. The topological polar surface area (TPSA) is 61.4 Å². The Labute approximate surface area is 124 Å². The van der Waals surface area contributed by atoms with Crippen LogP contribution in [-0.4, -0.2) is 57.3 Å². The maximum Gasteiger partial charge on any atom is 0.211 e. The van der Waals surface area contributed by atoms with Crippen LogP contribution >= 0.6 is 0 Å². The van der Waals surface area contributed by atoms with E-state index in [4.69, 9.17) is 0 Å². The summed E-state index contributed by atoms with van der Waals surface area (Å²) in [5.41, 5.74) is 0. The number of rotatable bonds is 9. The Morgan fingerprint density at radius 2 is 2.00 bits per heavy atom. The van der Waals surface area contributed by atoms with Crippen LogP contribution in [0.3, 0.4) is 0 Å². The van der Waals surface area contributed by atoms with E-state index in [-0.39, 0.29) is 11.8 Å². The quantitative estimate of drug-likeness (QED) is 0.671. The molecular weight excluding hydrogens is 274 g/mol. The average Bonchev–Trinajstić information content (AvgIpc) is 2.43. The molecule has 0 aromatic carbocycles. The maximum absolute atomic E-state index is 12.1. The van der Waals surface area contributed by atoms with Gasteiger partial charge in [-0.15, -0.1) is 0 Å². The summed E-state index contributed by atoms with van der Waals surface area (Å²) in [5.74, 6) is 0.229. The summed E-state index contributed by atoms with van der Waals surface area (Å²) in [6.07, 6.45) is 4.24. The van der Waals surface area contributed by atoms with Crippen LogP contribution < -0.4 is 10.0 Å². The van der Waals surface area contributed by atoms with Crippen molar-refractivity contribution in [1.82, 2.24) is 14.9 Å². The Bertz CT molecular complexity index is 349. The minimum atomic E-state index is -3.16. The Morgan fingerprint density at radius 1 is 1.30 bits per heavy atom. The molecule has 0 aromatic heterocycles. The van der Waals surface area contributed by atoms with Crippen LogP contribution in [-0.2, 0) is 10.0 Å². The highest BCUT2D eigenvalue weighted by molar-refractivity contribution is 7.89. The van der Waals surface area contributed by atoms with Crippen molar-refractivity contribution >= 4 is 10.0 Å². The molecule has 20 heavy (non-hydrogen) atoms. The van der Waals surface area contributed by atoms with Crippen molar-refractivity contribution in [2.75, 3.05) is 31.9 Å². The lowest BCUT2D eigenvalue weighted by atomic mass is 10.0. The summed E-state index contributed by atoms with van der Waals surface area (Å²) in [6, 6.07) is 0.345. The van der Waals surface area contributed by atoms with Gasteiger partial charge in [-0.3, -0.25) is 0 Å². The van der Waals surface area contributed by atoms with E-state index in [0.717, 1.165) is 32.6 Å². The van der Waals surface area contributed by atoms with E-state index in [9.17, 15) is 8.42 Å². The van der Waals surface area contributed by atoms with Crippen LogP contribution in [0.15, 0.2) is 0 Å². The minimum Gasteiger partial charge on any atom is -0.314 e. The van der Waals surface area contributed by atoms with Gasteiger partial charge in [-0.25, -0.2) is 13.1 Å². The normalized spacial score (nSPS) is 22.1. The molecule has 1 aliphatic heterocycles. The second-order valence-electron chi connectivity index (χ2n) is 5.76.